The predicted octanol–water partition coefficient (Wildman–Crippen LogP) is 4.90. The van der Waals surface area contributed by atoms with Gasteiger partial charge in [-0.2, -0.15) is 4.39 Å². The third kappa shape index (κ3) is 4.34. The van der Waals surface area contributed by atoms with Crippen molar-refractivity contribution in [3.8, 4) is 0 Å². The SMILES string of the molecule is Cc1cnc2[nH]cc(Cc3ccc(NCc4cccnc4C4CCOCC4)nc3F)c2c1. The van der Waals surface area contributed by atoms with Crippen LogP contribution in [0, 0.1) is 12.9 Å². The molecular formula is C25H26FN5O. The van der Waals surface area contributed by atoms with Gasteiger partial charge in [-0.15, -0.1) is 0 Å². The van der Waals surface area contributed by atoms with Gasteiger partial charge in [0.05, 0.1) is 0 Å². The van der Waals surface area contributed by atoms with E-state index in [-0.39, 0.29) is 0 Å². The number of aryl methyl sites for hydroxylation is 1. The molecule has 5 heterocycles. The van der Waals surface area contributed by atoms with Gasteiger partial charge in [-0.1, -0.05) is 12.1 Å². The zero-order valence-corrected chi connectivity index (χ0v) is 18.1. The van der Waals surface area contributed by atoms with E-state index >= 15 is 0 Å². The molecule has 0 aliphatic carbocycles. The topological polar surface area (TPSA) is 75.7 Å². The summed E-state index contributed by atoms with van der Waals surface area (Å²) in [5.74, 6) is 0.466. The summed E-state index contributed by atoms with van der Waals surface area (Å²) in [6, 6.07) is 9.72. The van der Waals surface area contributed by atoms with Crippen molar-refractivity contribution in [2.75, 3.05) is 18.5 Å². The van der Waals surface area contributed by atoms with Crippen LogP contribution in [0.5, 0.6) is 0 Å². The van der Waals surface area contributed by atoms with Gasteiger partial charge >= 0.3 is 0 Å². The van der Waals surface area contributed by atoms with Crippen molar-refractivity contribution in [2.45, 2.75) is 38.6 Å². The molecule has 1 fully saturated rings. The van der Waals surface area contributed by atoms with Crippen molar-refractivity contribution in [3.63, 3.8) is 0 Å². The maximum atomic E-state index is 14.8. The van der Waals surface area contributed by atoms with E-state index in [1.165, 1.54) is 0 Å². The molecule has 0 spiro atoms. The number of pyridine rings is 3. The Labute approximate surface area is 186 Å². The number of H-pyrrole nitrogens is 1. The van der Waals surface area contributed by atoms with Crippen LogP contribution in [-0.2, 0) is 17.7 Å². The number of fused-ring (bicyclic) bond motifs is 1. The summed E-state index contributed by atoms with van der Waals surface area (Å²) in [5, 5.41) is 4.28. The van der Waals surface area contributed by atoms with Gasteiger partial charge in [-0.3, -0.25) is 4.98 Å². The second-order valence-corrected chi connectivity index (χ2v) is 8.33. The first-order valence-electron chi connectivity index (χ1n) is 11.0. The molecule has 2 N–H and O–H groups in total. The van der Waals surface area contributed by atoms with E-state index in [4.69, 9.17) is 4.74 Å². The van der Waals surface area contributed by atoms with Crippen molar-refractivity contribution >= 4 is 16.9 Å². The second kappa shape index (κ2) is 9.04. The van der Waals surface area contributed by atoms with Crippen LogP contribution in [0.1, 0.15) is 46.7 Å². The largest absolute Gasteiger partial charge is 0.381 e. The fourth-order valence-electron chi connectivity index (χ4n) is 4.33. The van der Waals surface area contributed by atoms with Crippen LogP contribution in [0.25, 0.3) is 11.0 Å². The van der Waals surface area contributed by atoms with Crippen LogP contribution in [-0.4, -0.2) is 33.1 Å². The number of nitrogens with one attached hydrogen (secondary N) is 2. The van der Waals surface area contributed by atoms with Gasteiger partial charge < -0.3 is 15.0 Å². The van der Waals surface area contributed by atoms with E-state index in [2.05, 4.69) is 37.4 Å². The minimum Gasteiger partial charge on any atom is -0.381 e. The highest BCUT2D eigenvalue weighted by molar-refractivity contribution is 5.80. The Morgan fingerprint density at radius 3 is 2.84 bits per heavy atom. The molecule has 0 radical (unpaired) electrons. The van der Waals surface area contributed by atoms with Crippen molar-refractivity contribution in [1.29, 1.82) is 0 Å². The first kappa shape index (κ1) is 20.6. The number of aromatic amines is 1. The molecule has 0 atom stereocenters. The summed E-state index contributed by atoms with van der Waals surface area (Å²) in [5.41, 5.74) is 5.67. The smallest absolute Gasteiger partial charge is 0.218 e. The van der Waals surface area contributed by atoms with Gasteiger partial charge in [0.2, 0.25) is 5.95 Å². The number of halogens is 1. The van der Waals surface area contributed by atoms with E-state index in [1.807, 2.05) is 37.6 Å². The number of anilines is 1. The van der Waals surface area contributed by atoms with Gasteiger partial charge in [0, 0.05) is 67.3 Å². The maximum absolute atomic E-state index is 14.8. The Bertz CT molecular complexity index is 1230. The van der Waals surface area contributed by atoms with E-state index in [0.717, 1.165) is 59.5 Å². The highest BCUT2D eigenvalue weighted by atomic mass is 19.1. The van der Waals surface area contributed by atoms with Gasteiger partial charge in [-0.25, -0.2) is 9.97 Å². The van der Waals surface area contributed by atoms with Gasteiger partial charge in [-0.05, 0) is 54.7 Å². The minimum absolute atomic E-state index is 0.406. The zero-order valence-electron chi connectivity index (χ0n) is 18.1. The standard InChI is InChI=1S/C25H26FN5O/c1-16-11-21-20(15-30-25(21)29-13-16)12-18-4-5-22(31-24(18)26)28-14-19-3-2-8-27-23(19)17-6-9-32-10-7-17/h2-5,8,11,13,15,17H,6-7,9-10,12,14H2,1H3,(H,28,31)(H,29,30). The van der Waals surface area contributed by atoms with Crippen molar-refractivity contribution < 1.29 is 9.13 Å². The van der Waals surface area contributed by atoms with Crippen molar-refractivity contribution in [3.05, 3.63) is 82.8 Å². The number of hydrogen-bond acceptors (Lipinski definition) is 5. The number of nitrogens with zero attached hydrogens (tertiary/aromatic N) is 3. The second-order valence-electron chi connectivity index (χ2n) is 8.33. The van der Waals surface area contributed by atoms with E-state index in [9.17, 15) is 4.39 Å². The highest BCUT2D eigenvalue weighted by Crippen LogP contribution is 2.28. The molecule has 5 rings (SSSR count). The average molecular weight is 432 g/mol. The Balaban J connectivity index is 1.30. The molecule has 1 saturated heterocycles. The molecule has 0 aromatic carbocycles. The number of ether oxygens (including phenoxy) is 1. The molecular weight excluding hydrogens is 405 g/mol. The lowest BCUT2D eigenvalue weighted by Gasteiger charge is -2.23. The summed E-state index contributed by atoms with van der Waals surface area (Å²) in [6.07, 6.45) is 7.97. The first-order chi connectivity index (χ1) is 15.7. The Morgan fingerprint density at radius 2 is 2.00 bits per heavy atom. The third-order valence-corrected chi connectivity index (χ3v) is 6.05. The molecule has 4 aromatic heterocycles. The summed E-state index contributed by atoms with van der Waals surface area (Å²) >= 11 is 0. The normalized spacial score (nSPS) is 14.7. The Hall–Kier alpha value is -3.32. The highest BCUT2D eigenvalue weighted by Gasteiger charge is 2.20. The van der Waals surface area contributed by atoms with E-state index < -0.39 is 5.95 Å². The van der Waals surface area contributed by atoms with Crippen LogP contribution in [0.15, 0.2) is 48.9 Å². The Kier molecular flexibility index (Phi) is 5.81. The quantitative estimate of drug-likeness (QED) is 0.425. The lowest BCUT2D eigenvalue weighted by Crippen LogP contribution is -2.17. The zero-order chi connectivity index (χ0) is 21.9. The number of hydrogen-bond donors (Lipinski definition) is 2. The van der Waals surface area contributed by atoms with Crippen LogP contribution < -0.4 is 5.32 Å². The van der Waals surface area contributed by atoms with Crippen LogP contribution in [0.3, 0.4) is 0 Å². The van der Waals surface area contributed by atoms with E-state index in [0.29, 0.717) is 30.3 Å². The lowest BCUT2D eigenvalue weighted by atomic mass is 9.92. The van der Waals surface area contributed by atoms with Crippen molar-refractivity contribution in [1.82, 2.24) is 19.9 Å². The van der Waals surface area contributed by atoms with Crippen LogP contribution >= 0.6 is 0 Å². The summed E-state index contributed by atoms with van der Waals surface area (Å²) in [6.45, 7) is 4.10. The fourth-order valence-corrected chi connectivity index (χ4v) is 4.33. The predicted molar refractivity (Wildman–Crippen MR) is 122 cm³/mol. The molecule has 0 saturated carbocycles. The number of rotatable bonds is 6. The molecule has 4 aromatic rings. The number of aromatic nitrogens is 4. The molecule has 0 unspecified atom stereocenters. The van der Waals surface area contributed by atoms with Gasteiger partial charge in [0.25, 0.3) is 0 Å². The van der Waals surface area contributed by atoms with Crippen molar-refractivity contribution in [2.24, 2.45) is 0 Å². The molecule has 1 aliphatic rings. The maximum Gasteiger partial charge on any atom is 0.218 e. The average Bonchev–Trinajstić information content (AvgIpc) is 3.22. The van der Waals surface area contributed by atoms with Crippen LogP contribution in [0.2, 0.25) is 0 Å². The first-order valence-corrected chi connectivity index (χ1v) is 11.0. The minimum atomic E-state index is -0.458. The van der Waals surface area contributed by atoms with Gasteiger partial charge in [0.1, 0.15) is 11.5 Å². The summed E-state index contributed by atoms with van der Waals surface area (Å²) in [7, 11) is 0. The lowest BCUT2D eigenvalue weighted by molar-refractivity contribution is 0.0843. The molecule has 0 amide bonds. The summed E-state index contributed by atoms with van der Waals surface area (Å²) in [4.78, 5) is 16.3. The molecule has 32 heavy (non-hydrogen) atoms. The third-order valence-electron chi connectivity index (χ3n) is 6.05. The molecule has 6 nitrogen and oxygen atoms in total. The molecule has 164 valence electrons. The fraction of sp³-hybridized carbons (Fsp3) is 0.320. The molecule has 1 aliphatic heterocycles. The molecule has 7 heteroatoms. The summed E-state index contributed by atoms with van der Waals surface area (Å²) < 4.78 is 20.3. The van der Waals surface area contributed by atoms with Gasteiger partial charge in [0.15, 0.2) is 0 Å². The molecule has 0 bridgehead atoms. The Morgan fingerprint density at radius 1 is 1.12 bits per heavy atom. The van der Waals surface area contributed by atoms with Crippen LogP contribution in [0.4, 0.5) is 10.2 Å². The monoisotopic (exact) mass is 431 g/mol. The van der Waals surface area contributed by atoms with E-state index in [1.54, 1.807) is 6.07 Å².